The average Bonchev–Trinajstić information content (AvgIpc) is 2.41. The number of hydrogen-bond donors (Lipinski definition) is 1. The third-order valence-electron chi connectivity index (χ3n) is 3.41. The van der Waals surface area contributed by atoms with Gasteiger partial charge in [-0.05, 0) is 56.5 Å². The van der Waals surface area contributed by atoms with Crippen LogP contribution in [-0.4, -0.2) is 12.5 Å². The number of hydrogen-bond acceptors (Lipinski definition) is 2. The van der Waals surface area contributed by atoms with E-state index in [1.807, 2.05) is 32.9 Å². The van der Waals surface area contributed by atoms with Crippen LogP contribution in [0.25, 0.3) is 0 Å². The summed E-state index contributed by atoms with van der Waals surface area (Å²) in [4.78, 5) is 11.9. The topological polar surface area (TPSA) is 38.3 Å². The molecular weight excluding hydrogens is 281 g/mol. The first-order valence-corrected chi connectivity index (χ1v) is 7.13. The molecular formula is C18H20FNO2. The minimum atomic E-state index is -0.344. The van der Waals surface area contributed by atoms with E-state index in [0.717, 1.165) is 22.4 Å². The van der Waals surface area contributed by atoms with Gasteiger partial charge >= 0.3 is 0 Å². The van der Waals surface area contributed by atoms with Crippen molar-refractivity contribution in [2.24, 2.45) is 0 Å². The Hall–Kier alpha value is -2.36. The fourth-order valence-electron chi connectivity index (χ4n) is 2.40. The van der Waals surface area contributed by atoms with Crippen LogP contribution in [0.15, 0.2) is 30.3 Å². The Morgan fingerprint density at radius 2 is 1.68 bits per heavy atom. The molecule has 3 nitrogen and oxygen atoms in total. The van der Waals surface area contributed by atoms with Gasteiger partial charge in [0.2, 0.25) is 0 Å². The van der Waals surface area contributed by atoms with Crippen molar-refractivity contribution in [1.29, 1.82) is 0 Å². The maximum Gasteiger partial charge on any atom is 0.262 e. The highest BCUT2D eigenvalue weighted by Crippen LogP contribution is 2.24. The van der Waals surface area contributed by atoms with Gasteiger partial charge < -0.3 is 10.1 Å². The molecule has 2 aromatic rings. The van der Waals surface area contributed by atoms with E-state index in [-0.39, 0.29) is 18.3 Å². The summed E-state index contributed by atoms with van der Waals surface area (Å²) in [5, 5.41) is 2.63. The van der Waals surface area contributed by atoms with E-state index in [0.29, 0.717) is 11.3 Å². The molecule has 1 amide bonds. The lowest BCUT2D eigenvalue weighted by Crippen LogP contribution is -2.20. The Bertz CT molecular complexity index is 687. The molecule has 0 radical (unpaired) electrons. The Kier molecular flexibility index (Phi) is 4.81. The fraction of sp³-hybridized carbons (Fsp3) is 0.278. The highest BCUT2D eigenvalue weighted by atomic mass is 19.1. The van der Waals surface area contributed by atoms with Crippen molar-refractivity contribution in [1.82, 2.24) is 0 Å². The smallest absolute Gasteiger partial charge is 0.262 e. The van der Waals surface area contributed by atoms with Crippen LogP contribution < -0.4 is 10.1 Å². The van der Waals surface area contributed by atoms with Gasteiger partial charge in [0.25, 0.3) is 5.91 Å². The second kappa shape index (κ2) is 6.60. The highest BCUT2D eigenvalue weighted by molar-refractivity contribution is 5.91. The van der Waals surface area contributed by atoms with Crippen LogP contribution >= 0.6 is 0 Å². The molecule has 0 saturated carbocycles. The molecule has 0 aliphatic carbocycles. The summed E-state index contributed by atoms with van der Waals surface area (Å²) in [5.74, 6) is 0.0578. The summed E-state index contributed by atoms with van der Waals surface area (Å²) in [6.07, 6.45) is 0. The highest BCUT2D eigenvalue weighted by Gasteiger charge is 2.09. The summed E-state index contributed by atoms with van der Waals surface area (Å²) in [5.41, 5.74) is 4.11. The van der Waals surface area contributed by atoms with Crippen LogP contribution in [0.5, 0.6) is 5.75 Å². The minimum Gasteiger partial charge on any atom is -0.483 e. The van der Waals surface area contributed by atoms with Crippen molar-refractivity contribution in [3.63, 3.8) is 0 Å². The normalized spacial score (nSPS) is 10.4. The largest absolute Gasteiger partial charge is 0.483 e. The van der Waals surface area contributed by atoms with Gasteiger partial charge in [0.05, 0.1) is 0 Å². The minimum absolute atomic E-state index is 0.111. The molecule has 116 valence electrons. The lowest BCUT2D eigenvalue weighted by Gasteiger charge is -2.13. The van der Waals surface area contributed by atoms with Gasteiger partial charge in [-0.3, -0.25) is 4.79 Å². The third-order valence-corrected chi connectivity index (χ3v) is 3.41. The number of carbonyl (C=O) groups excluding carboxylic acids is 1. The van der Waals surface area contributed by atoms with Crippen molar-refractivity contribution in [3.05, 3.63) is 58.4 Å². The number of nitrogens with one attached hydrogen (secondary N) is 1. The summed E-state index contributed by atoms with van der Waals surface area (Å²) >= 11 is 0. The number of carbonyl (C=O) groups is 1. The molecule has 0 bridgehead atoms. The Balaban J connectivity index is 2.00. The molecule has 0 unspecified atom stereocenters. The number of amides is 1. The predicted octanol–water partition coefficient (Wildman–Crippen LogP) is 4.08. The van der Waals surface area contributed by atoms with E-state index in [1.165, 1.54) is 6.07 Å². The quantitative estimate of drug-likeness (QED) is 0.924. The van der Waals surface area contributed by atoms with Crippen LogP contribution in [0.3, 0.4) is 0 Å². The van der Waals surface area contributed by atoms with Gasteiger partial charge in [-0.15, -0.1) is 0 Å². The van der Waals surface area contributed by atoms with E-state index in [2.05, 4.69) is 5.32 Å². The van der Waals surface area contributed by atoms with E-state index < -0.39 is 0 Å². The summed E-state index contributed by atoms with van der Waals surface area (Å²) in [6, 6.07) is 8.61. The van der Waals surface area contributed by atoms with Crippen LogP contribution in [-0.2, 0) is 4.79 Å². The SMILES string of the molecule is Cc1cc(C)c(OCC(=O)Nc2ccc(C)c(F)c2)c(C)c1. The van der Waals surface area contributed by atoms with Crippen LogP contribution in [0.1, 0.15) is 22.3 Å². The maximum absolute atomic E-state index is 13.4. The summed E-state index contributed by atoms with van der Waals surface area (Å²) < 4.78 is 19.0. The van der Waals surface area contributed by atoms with Gasteiger partial charge in [-0.1, -0.05) is 23.8 Å². The zero-order valence-electron chi connectivity index (χ0n) is 13.3. The molecule has 2 aromatic carbocycles. The molecule has 0 fully saturated rings. The zero-order valence-corrected chi connectivity index (χ0v) is 13.3. The molecule has 4 heteroatoms. The first-order chi connectivity index (χ1) is 10.4. The zero-order chi connectivity index (χ0) is 16.3. The Morgan fingerprint density at radius 1 is 1.05 bits per heavy atom. The van der Waals surface area contributed by atoms with E-state index in [9.17, 15) is 9.18 Å². The lowest BCUT2D eigenvalue weighted by molar-refractivity contribution is -0.118. The summed E-state index contributed by atoms with van der Waals surface area (Å²) in [7, 11) is 0. The monoisotopic (exact) mass is 301 g/mol. The molecule has 0 aliphatic rings. The molecule has 2 rings (SSSR count). The molecule has 0 atom stereocenters. The predicted molar refractivity (Wildman–Crippen MR) is 85.9 cm³/mol. The molecule has 1 N–H and O–H groups in total. The van der Waals surface area contributed by atoms with E-state index in [1.54, 1.807) is 19.1 Å². The number of halogens is 1. The first kappa shape index (κ1) is 16.0. The van der Waals surface area contributed by atoms with E-state index >= 15 is 0 Å². The van der Waals surface area contributed by atoms with Crippen LogP contribution in [0, 0.1) is 33.5 Å². The van der Waals surface area contributed by atoms with Gasteiger partial charge in [0.15, 0.2) is 6.61 Å². The number of benzene rings is 2. The molecule has 0 aromatic heterocycles. The van der Waals surface area contributed by atoms with Crippen LogP contribution in [0.2, 0.25) is 0 Å². The standard InChI is InChI=1S/C18H20FNO2/c1-11-7-13(3)18(14(4)8-11)22-10-17(21)20-15-6-5-12(2)16(19)9-15/h5-9H,10H2,1-4H3,(H,20,21). The van der Waals surface area contributed by atoms with Gasteiger partial charge in [-0.25, -0.2) is 4.39 Å². The van der Waals surface area contributed by atoms with Crippen molar-refractivity contribution in [2.75, 3.05) is 11.9 Å². The van der Waals surface area contributed by atoms with Crippen molar-refractivity contribution in [3.8, 4) is 5.75 Å². The van der Waals surface area contributed by atoms with Gasteiger partial charge in [-0.2, -0.15) is 0 Å². The average molecular weight is 301 g/mol. The maximum atomic E-state index is 13.4. The molecule has 22 heavy (non-hydrogen) atoms. The number of aryl methyl sites for hydroxylation is 4. The summed E-state index contributed by atoms with van der Waals surface area (Å²) in [6.45, 7) is 7.47. The van der Waals surface area contributed by atoms with Crippen molar-refractivity contribution in [2.45, 2.75) is 27.7 Å². The molecule has 0 spiro atoms. The number of ether oxygens (including phenoxy) is 1. The van der Waals surface area contributed by atoms with Crippen LogP contribution in [0.4, 0.5) is 10.1 Å². The molecule has 0 heterocycles. The lowest BCUT2D eigenvalue weighted by atomic mass is 10.1. The van der Waals surface area contributed by atoms with Gasteiger partial charge in [0.1, 0.15) is 11.6 Å². The van der Waals surface area contributed by atoms with Crippen molar-refractivity contribution < 1.29 is 13.9 Å². The molecule has 0 aliphatic heterocycles. The third kappa shape index (κ3) is 3.85. The van der Waals surface area contributed by atoms with Gasteiger partial charge in [0, 0.05) is 5.69 Å². The molecule has 0 saturated heterocycles. The van der Waals surface area contributed by atoms with Crippen molar-refractivity contribution >= 4 is 11.6 Å². The Labute approximate surface area is 130 Å². The second-order valence-electron chi connectivity index (χ2n) is 5.53. The van der Waals surface area contributed by atoms with E-state index in [4.69, 9.17) is 4.74 Å². The fourth-order valence-corrected chi connectivity index (χ4v) is 2.40. The number of anilines is 1. The Morgan fingerprint density at radius 3 is 2.27 bits per heavy atom. The second-order valence-corrected chi connectivity index (χ2v) is 5.53. The first-order valence-electron chi connectivity index (χ1n) is 7.13. The number of rotatable bonds is 4.